The average Bonchev–Trinajstić information content (AvgIpc) is 1.87. The van der Waals surface area contributed by atoms with Gasteiger partial charge in [-0.1, -0.05) is 0 Å². The smallest absolute Gasteiger partial charge is 0.188 e. The van der Waals surface area contributed by atoms with Crippen LogP contribution < -0.4 is 11.1 Å². The molecule has 0 aromatic carbocycles. The van der Waals surface area contributed by atoms with E-state index in [1.54, 1.807) is 0 Å². The Labute approximate surface area is 42.6 Å². The molecular weight excluding hydrogens is 90.1 g/mol. The van der Waals surface area contributed by atoms with Crippen molar-refractivity contribution in [2.75, 3.05) is 6.54 Å². The molecule has 7 heavy (non-hydrogen) atoms. The second-order valence-electron chi connectivity index (χ2n) is 1.77. The summed E-state index contributed by atoms with van der Waals surface area (Å²) < 4.78 is 0. The van der Waals surface area contributed by atoms with Gasteiger partial charge in [-0.2, -0.15) is 0 Å². The van der Waals surface area contributed by atoms with Crippen LogP contribution in [0.15, 0.2) is 4.99 Å². The number of aliphatic imine (C=N–C) groups is 1. The predicted molar refractivity (Wildman–Crippen MR) is 29.1 cm³/mol. The highest BCUT2D eigenvalue weighted by Crippen LogP contribution is 1.88. The molecule has 0 saturated carbocycles. The second kappa shape index (κ2) is 1.40. The molecule has 0 radical (unpaired) electrons. The van der Waals surface area contributed by atoms with Crippen molar-refractivity contribution in [1.29, 1.82) is 0 Å². The van der Waals surface area contributed by atoms with Crippen LogP contribution in [0.25, 0.3) is 0 Å². The standard InChI is InChI=1S/C4H9N3/c1-3-2-6-4(5)7-3/h3H,2H2,1H3,(H3,5,6,7)/t3-/m1/s1. The summed E-state index contributed by atoms with van der Waals surface area (Å²) in [7, 11) is 0. The highest BCUT2D eigenvalue weighted by atomic mass is 15.2. The molecule has 0 aromatic rings. The summed E-state index contributed by atoms with van der Waals surface area (Å²) in [5.41, 5.74) is 5.26. The first kappa shape index (κ1) is 4.43. The monoisotopic (exact) mass is 99.1 g/mol. The van der Waals surface area contributed by atoms with E-state index in [0.29, 0.717) is 12.0 Å². The van der Waals surface area contributed by atoms with E-state index < -0.39 is 0 Å². The number of hydrogen-bond donors (Lipinski definition) is 2. The fourth-order valence-corrected chi connectivity index (χ4v) is 0.579. The van der Waals surface area contributed by atoms with E-state index in [1.165, 1.54) is 0 Å². The third kappa shape index (κ3) is 0.824. The van der Waals surface area contributed by atoms with E-state index in [-0.39, 0.29) is 0 Å². The van der Waals surface area contributed by atoms with Gasteiger partial charge in [0.2, 0.25) is 0 Å². The van der Waals surface area contributed by atoms with Crippen molar-refractivity contribution in [3.8, 4) is 0 Å². The molecule has 1 heterocycles. The lowest BCUT2D eigenvalue weighted by Crippen LogP contribution is -2.32. The van der Waals surface area contributed by atoms with Crippen LogP contribution in [0.1, 0.15) is 6.92 Å². The number of nitrogens with one attached hydrogen (secondary N) is 1. The fraction of sp³-hybridized carbons (Fsp3) is 0.750. The summed E-state index contributed by atoms with van der Waals surface area (Å²) in [5, 5.41) is 2.94. The van der Waals surface area contributed by atoms with Crippen molar-refractivity contribution in [3.63, 3.8) is 0 Å². The van der Waals surface area contributed by atoms with Gasteiger partial charge in [0.1, 0.15) is 0 Å². The Morgan fingerprint density at radius 1 is 2.00 bits per heavy atom. The first-order chi connectivity index (χ1) is 3.29. The van der Waals surface area contributed by atoms with Crippen LogP contribution in [0.2, 0.25) is 0 Å². The zero-order valence-corrected chi connectivity index (χ0v) is 4.31. The summed E-state index contributed by atoms with van der Waals surface area (Å²) in [5.74, 6) is 0.576. The number of nitrogens with zero attached hydrogens (tertiary/aromatic N) is 1. The van der Waals surface area contributed by atoms with Crippen molar-refractivity contribution < 1.29 is 0 Å². The molecule has 0 fully saturated rings. The average molecular weight is 99.1 g/mol. The number of guanidine groups is 1. The molecule has 1 rings (SSSR count). The van der Waals surface area contributed by atoms with Crippen molar-refractivity contribution in [2.24, 2.45) is 10.7 Å². The molecule has 1 aliphatic rings. The normalized spacial score (nSPS) is 29.3. The Balaban J connectivity index is 2.42. The van der Waals surface area contributed by atoms with Crippen LogP contribution in [0, 0.1) is 0 Å². The molecule has 0 unspecified atom stereocenters. The van der Waals surface area contributed by atoms with Gasteiger partial charge in [0, 0.05) is 6.04 Å². The van der Waals surface area contributed by atoms with Crippen molar-refractivity contribution in [3.05, 3.63) is 0 Å². The number of nitrogens with two attached hydrogens (primary N) is 1. The second-order valence-corrected chi connectivity index (χ2v) is 1.77. The SMILES string of the molecule is C[C@@H]1CN=C(N)N1. The van der Waals surface area contributed by atoms with E-state index in [4.69, 9.17) is 5.73 Å². The van der Waals surface area contributed by atoms with Crippen LogP contribution in [0.4, 0.5) is 0 Å². The quantitative estimate of drug-likeness (QED) is 0.421. The van der Waals surface area contributed by atoms with E-state index in [2.05, 4.69) is 10.3 Å². The van der Waals surface area contributed by atoms with Gasteiger partial charge < -0.3 is 11.1 Å². The van der Waals surface area contributed by atoms with Crippen LogP contribution in [0.3, 0.4) is 0 Å². The molecule has 1 aliphatic heterocycles. The van der Waals surface area contributed by atoms with Crippen LogP contribution in [0.5, 0.6) is 0 Å². The largest absolute Gasteiger partial charge is 0.370 e. The van der Waals surface area contributed by atoms with Crippen molar-refractivity contribution in [1.82, 2.24) is 5.32 Å². The molecule has 3 N–H and O–H groups in total. The molecule has 0 aromatic heterocycles. The minimum atomic E-state index is 0.444. The molecule has 1 atom stereocenters. The minimum absolute atomic E-state index is 0.444. The summed E-state index contributed by atoms with van der Waals surface area (Å²) >= 11 is 0. The van der Waals surface area contributed by atoms with Gasteiger partial charge in [0.25, 0.3) is 0 Å². The molecular formula is C4H9N3. The third-order valence-corrected chi connectivity index (χ3v) is 0.930. The maximum Gasteiger partial charge on any atom is 0.188 e. The van der Waals surface area contributed by atoms with Crippen molar-refractivity contribution in [2.45, 2.75) is 13.0 Å². The zero-order valence-electron chi connectivity index (χ0n) is 4.31. The first-order valence-corrected chi connectivity index (χ1v) is 2.35. The summed E-state index contributed by atoms with van der Waals surface area (Å²) in [6.45, 7) is 2.87. The molecule has 3 heteroatoms. The fourth-order valence-electron chi connectivity index (χ4n) is 0.579. The van der Waals surface area contributed by atoms with Gasteiger partial charge in [-0.3, -0.25) is 4.99 Å². The topological polar surface area (TPSA) is 50.4 Å². The van der Waals surface area contributed by atoms with E-state index in [9.17, 15) is 0 Å². The predicted octanol–water partition coefficient (Wildman–Crippen LogP) is -0.707. The lowest BCUT2D eigenvalue weighted by molar-refractivity contribution is 0.724. The van der Waals surface area contributed by atoms with Gasteiger partial charge in [-0.05, 0) is 6.92 Å². The van der Waals surface area contributed by atoms with E-state index >= 15 is 0 Å². The Kier molecular flexibility index (Phi) is 0.889. The first-order valence-electron chi connectivity index (χ1n) is 2.35. The van der Waals surface area contributed by atoms with E-state index in [1.807, 2.05) is 6.92 Å². The highest BCUT2D eigenvalue weighted by Gasteiger charge is 2.06. The maximum atomic E-state index is 5.26. The van der Waals surface area contributed by atoms with Gasteiger partial charge in [-0.25, -0.2) is 0 Å². The lowest BCUT2D eigenvalue weighted by atomic mass is 10.4. The van der Waals surface area contributed by atoms with Gasteiger partial charge in [-0.15, -0.1) is 0 Å². The summed E-state index contributed by atoms with van der Waals surface area (Å²) in [6, 6.07) is 0.444. The highest BCUT2D eigenvalue weighted by molar-refractivity contribution is 5.79. The Morgan fingerprint density at radius 3 is 2.86 bits per heavy atom. The molecule has 40 valence electrons. The Hall–Kier alpha value is -0.730. The maximum absolute atomic E-state index is 5.26. The van der Waals surface area contributed by atoms with Crippen LogP contribution >= 0.6 is 0 Å². The summed E-state index contributed by atoms with van der Waals surface area (Å²) in [4.78, 5) is 3.90. The van der Waals surface area contributed by atoms with Gasteiger partial charge in [0.15, 0.2) is 5.96 Å². The molecule has 0 saturated heterocycles. The van der Waals surface area contributed by atoms with Gasteiger partial charge in [0.05, 0.1) is 6.54 Å². The molecule has 0 spiro atoms. The molecule has 0 aliphatic carbocycles. The third-order valence-electron chi connectivity index (χ3n) is 0.930. The van der Waals surface area contributed by atoms with Crippen LogP contribution in [-0.4, -0.2) is 18.5 Å². The summed E-state index contributed by atoms with van der Waals surface area (Å²) in [6.07, 6.45) is 0. The van der Waals surface area contributed by atoms with E-state index in [0.717, 1.165) is 6.54 Å². The number of hydrogen-bond acceptors (Lipinski definition) is 3. The zero-order chi connectivity index (χ0) is 5.28. The number of rotatable bonds is 0. The lowest BCUT2D eigenvalue weighted by Gasteiger charge is -1.98. The molecule has 0 bridgehead atoms. The molecule has 3 nitrogen and oxygen atoms in total. The molecule has 0 amide bonds. The van der Waals surface area contributed by atoms with Crippen molar-refractivity contribution >= 4 is 5.96 Å². The Bertz CT molecular complexity index is 97.1. The van der Waals surface area contributed by atoms with Gasteiger partial charge >= 0.3 is 0 Å². The Morgan fingerprint density at radius 2 is 2.71 bits per heavy atom. The van der Waals surface area contributed by atoms with Crippen LogP contribution in [-0.2, 0) is 0 Å². The minimum Gasteiger partial charge on any atom is -0.370 e.